The minimum Gasteiger partial charge on any atom is -0.481 e. The Morgan fingerprint density at radius 2 is 2.18 bits per heavy atom. The molecule has 0 radical (unpaired) electrons. The number of hydrogen-bond acceptors (Lipinski definition) is 1. The van der Waals surface area contributed by atoms with Crippen LogP contribution in [0.4, 0.5) is 4.39 Å². The fraction of sp³-hybridized carbons (Fsp3) is 0.875. The van der Waals surface area contributed by atoms with Gasteiger partial charge in [0.2, 0.25) is 0 Å². The summed E-state index contributed by atoms with van der Waals surface area (Å²) >= 11 is 0. The van der Waals surface area contributed by atoms with E-state index in [9.17, 15) is 9.18 Å². The second kappa shape index (κ2) is 2.47. The van der Waals surface area contributed by atoms with Gasteiger partial charge in [-0.2, -0.15) is 0 Å². The van der Waals surface area contributed by atoms with Gasteiger partial charge in [-0.25, -0.2) is 0 Å². The van der Waals surface area contributed by atoms with Crippen LogP contribution in [0.2, 0.25) is 0 Å². The summed E-state index contributed by atoms with van der Waals surface area (Å²) in [5, 5.41) is 8.66. The van der Waals surface area contributed by atoms with Gasteiger partial charge in [0.1, 0.15) is 0 Å². The quantitative estimate of drug-likeness (QED) is 0.682. The molecule has 3 heteroatoms. The highest BCUT2D eigenvalue weighted by atomic mass is 19.1. The van der Waals surface area contributed by atoms with E-state index in [2.05, 4.69) is 0 Å². The number of aliphatic carboxylic acids is 1. The fourth-order valence-electron chi connectivity index (χ4n) is 1.89. The molecule has 0 unspecified atom stereocenters. The average Bonchev–Trinajstić information content (AvgIpc) is 2.35. The van der Waals surface area contributed by atoms with Crippen LogP contribution in [-0.2, 0) is 4.79 Å². The molecule has 0 aromatic carbocycles. The van der Waals surface area contributed by atoms with Crippen molar-refractivity contribution in [3.05, 3.63) is 0 Å². The van der Waals surface area contributed by atoms with E-state index in [4.69, 9.17) is 5.11 Å². The molecule has 0 amide bonds. The zero-order chi connectivity index (χ0) is 8.65. The lowest BCUT2D eigenvalue weighted by Crippen LogP contribution is -2.03. The molecule has 0 bridgehead atoms. The van der Waals surface area contributed by atoms with Crippen molar-refractivity contribution in [3.8, 4) is 0 Å². The third kappa shape index (κ3) is 1.24. The molecule has 64 valence electrons. The van der Waals surface area contributed by atoms with Gasteiger partial charge in [0.15, 0.2) is 0 Å². The van der Waals surface area contributed by atoms with E-state index >= 15 is 0 Å². The molecule has 1 N–H and O–H groups in total. The van der Waals surface area contributed by atoms with Crippen molar-refractivity contribution in [3.63, 3.8) is 0 Å². The Hall–Kier alpha value is -0.600. The lowest BCUT2D eigenvalue weighted by molar-refractivity contribution is -0.139. The van der Waals surface area contributed by atoms with Crippen molar-refractivity contribution in [1.29, 1.82) is 0 Å². The Kier molecular flexibility index (Phi) is 1.90. The molecule has 2 nitrogen and oxygen atoms in total. The topological polar surface area (TPSA) is 37.3 Å². The Morgan fingerprint density at radius 3 is 2.45 bits per heavy atom. The van der Waals surface area contributed by atoms with Crippen LogP contribution >= 0.6 is 0 Å². The first-order chi connectivity index (χ1) is 5.01. The van der Waals surface area contributed by atoms with Gasteiger partial charge in [0.05, 0.1) is 12.6 Å². The number of carbonyl (C=O) groups is 1. The molecular weight excluding hydrogens is 147 g/mol. The first-order valence-electron chi connectivity index (χ1n) is 3.80. The summed E-state index contributed by atoms with van der Waals surface area (Å²) in [4.78, 5) is 10.5. The van der Waals surface area contributed by atoms with Crippen LogP contribution in [-0.4, -0.2) is 17.8 Å². The molecule has 1 aliphatic carbocycles. The maximum absolute atomic E-state index is 11.9. The SMILES string of the molecule is CC1(C)[C@@H](CCF)[C@@H]1C(=O)O. The molecule has 0 aliphatic heterocycles. The highest BCUT2D eigenvalue weighted by Crippen LogP contribution is 2.59. The molecule has 0 spiro atoms. The minimum absolute atomic E-state index is 0.0463. The first-order valence-corrected chi connectivity index (χ1v) is 3.80. The van der Waals surface area contributed by atoms with Crippen molar-refractivity contribution in [1.82, 2.24) is 0 Å². The predicted octanol–water partition coefficient (Wildman–Crippen LogP) is 1.70. The number of carboxylic acids is 1. The first kappa shape index (κ1) is 8.50. The zero-order valence-electron chi connectivity index (χ0n) is 6.80. The van der Waals surface area contributed by atoms with Crippen LogP contribution in [0.3, 0.4) is 0 Å². The molecule has 11 heavy (non-hydrogen) atoms. The minimum atomic E-state index is -0.784. The third-order valence-corrected chi connectivity index (χ3v) is 2.74. The van der Waals surface area contributed by atoms with Gasteiger partial charge in [0.25, 0.3) is 0 Å². The van der Waals surface area contributed by atoms with Crippen LogP contribution in [0, 0.1) is 17.3 Å². The lowest BCUT2D eigenvalue weighted by atomic mass is 10.1. The van der Waals surface area contributed by atoms with Crippen LogP contribution in [0.1, 0.15) is 20.3 Å². The molecular formula is C8H13FO2. The predicted molar refractivity (Wildman–Crippen MR) is 39.0 cm³/mol. The van der Waals surface area contributed by atoms with Gasteiger partial charge >= 0.3 is 5.97 Å². The van der Waals surface area contributed by atoms with E-state index in [1.54, 1.807) is 0 Å². The lowest BCUT2D eigenvalue weighted by Gasteiger charge is -1.97. The van der Waals surface area contributed by atoms with Gasteiger partial charge in [-0.3, -0.25) is 9.18 Å². The summed E-state index contributed by atoms with van der Waals surface area (Å²) in [5.74, 6) is -1.06. The molecule has 0 aromatic heterocycles. The summed E-state index contributed by atoms with van der Waals surface area (Å²) in [7, 11) is 0. The largest absolute Gasteiger partial charge is 0.481 e. The van der Waals surface area contributed by atoms with Crippen LogP contribution < -0.4 is 0 Å². The Bertz CT molecular complexity index is 177. The summed E-state index contributed by atoms with van der Waals surface area (Å²) in [5.41, 5.74) is -0.183. The normalized spacial score (nSPS) is 33.4. The zero-order valence-corrected chi connectivity index (χ0v) is 6.80. The van der Waals surface area contributed by atoms with Gasteiger partial charge in [0, 0.05) is 0 Å². The van der Waals surface area contributed by atoms with Crippen LogP contribution in [0.5, 0.6) is 0 Å². The van der Waals surface area contributed by atoms with Crippen LogP contribution in [0.15, 0.2) is 0 Å². The smallest absolute Gasteiger partial charge is 0.307 e. The number of rotatable bonds is 3. The van der Waals surface area contributed by atoms with E-state index in [-0.39, 0.29) is 17.3 Å². The summed E-state index contributed by atoms with van der Waals surface area (Å²) < 4.78 is 11.9. The van der Waals surface area contributed by atoms with Crippen LogP contribution in [0.25, 0.3) is 0 Å². The third-order valence-electron chi connectivity index (χ3n) is 2.74. The molecule has 1 rings (SSSR count). The fourth-order valence-corrected chi connectivity index (χ4v) is 1.89. The van der Waals surface area contributed by atoms with E-state index in [1.165, 1.54) is 0 Å². The Balaban J connectivity index is 2.53. The molecule has 1 saturated carbocycles. The highest BCUT2D eigenvalue weighted by Gasteiger charge is 2.61. The number of alkyl halides is 1. The van der Waals surface area contributed by atoms with Crippen molar-refractivity contribution in [2.45, 2.75) is 20.3 Å². The standard InChI is InChI=1S/C8H13FO2/c1-8(2)5(3-4-9)6(8)7(10)11/h5-6H,3-4H2,1-2H3,(H,10,11)/t5-,6+/m0/s1. The maximum Gasteiger partial charge on any atom is 0.307 e. The summed E-state index contributed by atoms with van der Waals surface area (Å²) in [6.45, 7) is 3.36. The van der Waals surface area contributed by atoms with Crippen molar-refractivity contribution < 1.29 is 14.3 Å². The Labute approximate surface area is 65.4 Å². The van der Waals surface area contributed by atoms with E-state index in [0.717, 1.165) is 0 Å². The van der Waals surface area contributed by atoms with Gasteiger partial charge in [-0.15, -0.1) is 0 Å². The molecule has 0 aromatic rings. The summed E-state index contributed by atoms with van der Waals surface area (Å²) in [6, 6.07) is 0. The van der Waals surface area contributed by atoms with Crippen molar-refractivity contribution >= 4 is 5.97 Å². The van der Waals surface area contributed by atoms with E-state index in [1.807, 2.05) is 13.8 Å². The van der Waals surface area contributed by atoms with E-state index in [0.29, 0.717) is 6.42 Å². The molecule has 0 saturated heterocycles. The maximum atomic E-state index is 11.9. The van der Waals surface area contributed by atoms with Crippen molar-refractivity contribution in [2.75, 3.05) is 6.67 Å². The molecule has 1 aliphatic rings. The van der Waals surface area contributed by atoms with Gasteiger partial charge < -0.3 is 5.11 Å². The Morgan fingerprint density at radius 1 is 1.64 bits per heavy atom. The van der Waals surface area contributed by atoms with Crippen molar-refractivity contribution in [2.24, 2.45) is 17.3 Å². The monoisotopic (exact) mass is 160 g/mol. The second-order valence-corrected chi connectivity index (χ2v) is 3.72. The average molecular weight is 160 g/mol. The number of halogens is 1. The summed E-state index contributed by atoms with van der Waals surface area (Å²) in [6.07, 6.45) is 0.393. The number of carboxylic acid groups (broad SMARTS) is 1. The molecule has 2 atom stereocenters. The van der Waals surface area contributed by atoms with Gasteiger partial charge in [-0.05, 0) is 17.8 Å². The number of hydrogen-bond donors (Lipinski definition) is 1. The molecule has 1 fully saturated rings. The van der Waals surface area contributed by atoms with E-state index < -0.39 is 12.6 Å². The van der Waals surface area contributed by atoms with Gasteiger partial charge in [-0.1, -0.05) is 13.8 Å². The molecule has 0 heterocycles. The highest BCUT2D eigenvalue weighted by molar-refractivity contribution is 5.75. The second-order valence-electron chi connectivity index (χ2n) is 3.72.